The highest BCUT2D eigenvalue weighted by molar-refractivity contribution is 7.10. The molecule has 2 aliphatic carbocycles. The van der Waals surface area contributed by atoms with E-state index in [-0.39, 0.29) is 0 Å². The predicted molar refractivity (Wildman–Crippen MR) is 57.2 cm³/mol. The fourth-order valence-electron chi connectivity index (χ4n) is 2.68. The number of halogens is 1. The van der Waals surface area contributed by atoms with Crippen LogP contribution in [0.4, 0.5) is 0 Å². The Hall–Kier alpha value is -0.0100. The van der Waals surface area contributed by atoms with E-state index in [2.05, 4.69) is 17.5 Å². The molecule has 0 radical (unpaired) electrons. The van der Waals surface area contributed by atoms with Crippen molar-refractivity contribution in [2.24, 2.45) is 17.8 Å². The molecule has 1 aromatic rings. The van der Waals surface area contributed by atoms with Crippen molar-refractivity contribution >= 4 is 22.9 Å². The van der Waals surface area contributed by atoms with Crippen LogP contribution in [0.2, 0.25) is 0 Å². The number of alkyl halides is 1. The number of fused-ring (bicyclic) bond motifs is 1. The van der Waals surface area contributed by atoms with Crippen LogP contribution >= 0.6 is 22.9 Å². The van der Waals surface area contributed by atoms with Gasteiger partial charge in [0.15, 0.2) is 0 Å². The standard InChI is InChI=1S/C11H13ClS/c12-11(10-2-1-3-13-10)9-5-7-4-8(7)6-9/h1-3,7-9,11H,4-6H2. The molecule has 1 aromatic heterocycles. The van der Waals surface area contributed by atoms with Crippen LogP contribution in [0.5, 0.6) is 0 Å². The zero-order chi connectivity index (χ0) is 8.84. The third-order valence-corrected chi connectivity index (χ3v) is 5.19. The van der Waals surface area contributed by atoms with Crippen LogP contribution in [-0.4, -0.2) is 0 Å². The lowest BCUT2D eigenvalue weighted by atomic mass is 9.98. The summed E-state index contributed by atoms with van der Waals surface area (Å²) in [5, 5.41) is 2.42. The zero-order valence-electron chi connectivity index (χ0n) is 7.45. The topological polar surface area (TPSA) is 0 Å². The molecule has 0 aliphatic heterocycles. The molecule has 0 saturated heterocycles. The van der Waals surface area contributed by atoms with E-state index in [9.17, 15) is 0 Å². The summed E-state index contributed by atoms with van der Waals surface area (Å²) < 4.78 is 0. The fraction of sp³-hybridized carbons (Fsp3) is 0.636. The van der Waals surface area contributed by atoms with Crippen LogP contribution in [0.3, 0.4) is 0 Å². The largest absolute Gasteiger partial charge is 0.147 e. The predicted octanol–water partition coefficient (Wildman–Crippen LogP) is 4.07. The molecule has 0 bridgehead atoms. The molecule has 0 aromatic carbocycles. The summed E-state index contributed by atoms with van der Waals surface area (Å²) in [5.74, 6) is 2.86. The minimum absolute atomic E-state index is 0.299. The molecule has 13 heavy (non-hydrogen) atoms. The maximum Gasteiger partial charge on any atom is 0.0706 e. The van der Waals surface area contributed by atoms with E-state index in [1.165, 1.54) is 24.1 Å². The first-order valence-electron chi connectivity index (χ1n) is 5.02. The van der Waals surface area contributed by atoms with E-state index in [4.69, 9.17) is 11.6 Å². The number of hydrogen-bond acceptors (Lipinski definition) is 1. The first-order valence-corrected chi connectivity index (χ1v) is 6.33. The Morgan fingerprint density at radius 1 is 1.31 bits per heavy atom. The van der Waals surface area contributed by atoms with Gasteiger partial charge in [-0.3, -0.25) is 0 Å². The van der Waals surface area contributed by atoms with Crippen molar-refractivity contribution in [1.82, 2.24) is 0 Å². The Morgan fingerprint density at radius 2 is 2.08 bits per heavy atom. The van der Waals surface area contributed by atoms with Crippen molar-refractivity contribution in [2.45, 2.75) is 24.6 Å². The molecule has 0 spiro atoms. The SMILES string of the molecule is ClC(c1cccs1)C1CC2CC2C1. The molecule has 2 fully saturated rings. The maximum absolute atomic E-state index is 6.45. The van der Waals surface area contributed by atoms with Gasteiger partial charge in [0.05, 0.1) is 5.38 Å². The summed E-state index contributed by atoms with van der Waals surface area (Å²) in [6.45, 7) is 0. The van der Waals surface area contributed by atoms with Crippen LogP contribution in [-0.2, 0) is 0 Å². The van der Waals surface area contributed by atoms with E-state index < -0.39 is 0 Å². The highest BCUT2D eigenvalue weighted by atomic mass is 35.5. The first kappa shape index (κ1) is 8.31. The van der Waals surface area contributed by atoms with Crippen molar-refractivity contribution in [3.05, 3.63) is 22.4 Å². The zero-order valence-corrected chi connectivity index (χ0v) is 9.02. The van der Waals surface area contributed by atoms with Crippen molar-refractivity contribution in [1.29, 1.82) is 0 Å². The van der Waals surface area contributed by atoms with E-state index in [0.29, 0.717) is 5.38 Å². The molecule has 70 valence electrons. The normalized spacial score (nSPS) is 38.7. The average Bonchev–Trinajstić information content (AvgIpc) is 2.63. The molecule has 3 rings (SSSR count). The molecule has 3 unspecified atom stereocenters. The Kier molecular flexibility index (Phi) is 1.91. The van der Waals surface area contributed by atoms with Gasteiger partial charge in [-0.05, 0) is 48.5 Å². The van der Waals surface area contributed by atoms with Crippen LogP contribution < -0.4 is 0 Å². The smallest absolute Gasteiger partial charge is 0.0706 e. The van der Waals surface area contributed by atoms with Gasteiger partial charge in [-0.25, -0.2) is 0 Å². The molecule has 0 amide bonds. The van der Waals surface area contributed by atoms with Gasteiger partial charge < -0.3 is 0 Å². The van der Waals surface area contributed by atoms with E-state index in [1.54, 1.807) is 11.3 Å². The average molecular weight is 213 g/mol. The summed E-state index contributed by atoms with van der Waals surface area (Å²) in [7, 11) is 0. The van der Waals surface area contributed by atoms with Crippen molar-refractivity contribution in [3.63, 3.8) is 0 Å². The van der Waals surface area contributed by atoms with Crippen molar-refractivity contribution < 1.29 is 0 Å². The monoisotopic (exact) mass is 212 g/mol. The third-order valence-electron chi connectivity index (χ3n) is 3.51. The highest BCUT2D eigenvalue weighted by Crippen LogP contribution is 2.58. The van der Waals surface area contributed by atoms with E-state index in [1.807, 2.05) is 0 Å². The summed E-state index contributed by atoms with van der Waals surface area (Å²) in [5.41, 5.74) is 0. The van der Waals surface area contributed by atoms with E-state index >= 15 is 0 Å². The fourth-order valence-corrected chi connectivity index (χ4v) is 3.91. The Balaban J connectivity index is 1.72. The van der Waals surface area contributed by atoms with Gasteiger partial charge in [0.25, 0.3) is 0 Å². The van der Waals surface area contributed by atoms with Gasteiger partial charge in [-0.2, -0.15) is 0 Å². The first-order chi connectivity index (χ1) is 6.34. The van der Waals surface area contributed by atoms with Gasteiger partial charge in [-0.15, -0.1) is 22.9 Å². The van der Waals surface area contributed by atoms with Crippen LogP contribution in [0, 0.1) is 17.8 Å². The molecule has 2 heteroatoms. The second-order valence-corrected chi connectivity index (χ2v) is 5.85. The molecule has 0 N–H and O–H groups in total. The number of hydrogen-bond donors (Lipinski definition) is 0. The van der Waals surface area contributed by atoms with Gasteiger partial charge in [0, 0.05) is 4.88 Å². The molecular weight excluding hydrogens is 200 g/mol. The van der Waals surface area contributed by atoms with Gasteiger partial charge >= 0.3 is 0 Å². The quantitative estimate of drug-likeness (QED) is 0.649. The maximum atomic E-state index is 6.45. The van der Waals surface area contributed by atoms with Crippen LogP contribution in [0.1, 0.15) is 29.5 Å². The Morgan fingerprint density at radius 3 is 2.69 bits per heavy atom. The second-order valence-electron chi connectivity index (χ2n) is 4.40. The van der Waals surface area contributed by atoms with Crippen LogP contribution in [0.15, 0.2) is 17.5 Å². The third kappa shape index (κ3) is 1.42. The molecule has 0 nitrogen and oxygen atoms in total. The molecule has 1 heterocycles. The molecule has 2 aliphatic rings. The lowest BCUT2D eigenvalue weighted by molar-refractivity contribution is 0.475. The van der Waals surface area contributed by atoms with Crippen molar-refractivity contribution in [3.8, 4) is 0 Å². The summed E-state index contributed by atoms with van der Waals surface area (Å²) in [6.07, 6.45) is 4.26. The number of rotatable bonds is 2. The summed E-state index contributed by atoms with van der Waals surface area (Å²) in [4.78, 5) is 1.37. The van der Waals surface area contributed by atoms with Gasteiger partial charge in [0.2, 0.25) is 0 Å². The summed E-state index contributed by atoms with van der Waals surface area (Å²) in [6, 6.07) is 4.28. The second kappa shape index (κ2) is 2.99. The minimum Gasteiger partial charge on any atom is -0.147 e. The van der Waals surface area contributed by atoms with E-state index in [0.717, 1.165) is 17.8 Å². The van der Waals surface area contributed by atoms with Crippen molar-refractivity contribution in [2.75, 3.05) is 0 Å². The number of thiophene rings is 1. The Bertz CT molecular complexity index is 283. The minimum atomic E-state index is 0.299. The molecular formula is C11H13ClS. The molecule has 3 atom stereocenters. The lowest BCUT2D eigenvalue weighted by Gasteiger charge is -2.16. The van der Waals surface area contributed by atoms with Gasteiger partial charge in [0.1, 0.15) is 0 Å². The van der Waals surface area contributed by atoms with Gasteiger partial charge in [-0.1, -0.05) is 6.07 Å². The van der Waals surface area contributed by atoms with Crippen LogP contribution in [0.25, 0.3) is 0 Å². The highest BCUT2D eigenvalue weighted by Gasteiger charge is 2.47. The summed E-state index contributed by atoms with van der Waals surface area (Å²) >= 11 is 8.25. The lowest BCUT2D eigenvalue weighted by Crippen LogP contribution is -2.04. The Labute approximate surface area is 87.9 Å². The molecule has 2 saturated carbocycles.